The molecule has 5 nitrogen and oxygen atoms in total. The standard InChI is InChI=1S/C14H34O5Si2/c1-13(20(7,15-3)16-4)9-11-19-12-10-14(2)21(8,17-5)18-6/h13-14H,9-12H2,1-8H3. The zero-order valence-corrected chi connectivity index (χ0v) is 17.0. The summed E-state index contributed by atoms with van der Waals surface area (Å²) in [4.78, 5) is 0. The molecule has 0 aromatic heterocycles. The maximum absolute atomic E-state index is 5.77. The second kappa shape index (κ2) is 10.1. The molecule has 0 aliphatic carbocycles. The first-order valence-corrected chi connectivity index (χ1v) is 12.4. The third-order valence-electron chi connectivity index (χ3n) is 4.80. The Morgan fingerprint density at radius 3 is 1.19 bits per heavy atom. The van der Waals surface area contributed by atoms with Crippen LogP contribution in [-0.2, 0) is 22.4 Å². The lowest BCUT2D eigenvalue weighted by Crippen LogP contribution is -2.41. The number of hydrogen-bond donors (Lipinski definition) is 0. The van der Waals surface area contributed by atoms with E-state index in [9.17, 15) is 0 Å². The first-order valence-electron chi connectivity index (χ1n) is 7.58. The van der Waals surface area contributed by atoms with Crippen LogP contribution in [0.4, 0.5) is 0 Å². The number of hydrogen-bond acceptors (Lipinski definition) is 5. The minimum atomic E-state index is -2.04. The van der Waals surface area contributed by atoms with Gasteiger partial charge in [-0.05, 0) is 25.9 Å². The van der Waals surface area contributed by atoms with Crippen LogP contribution in [0.3, 0.4) is 0 Å². The van der Waals surface area contributed by atoms with Gasteiger partial charge in [0.2, 0.25) is 0 Å². The second-order valence-electron chi connectivity index (χ2n) is 5.84. The van der Waals surface area contributed by atoms with Crippen molar-refractivity contribution in [3.8, 4) is 0 Å². The van der Waals surface area contributed by atoms with E-state index in [-0.39, 0.29) is 0 Å². The Kier molecular flexibility index (Phi) is 10.2. The van der Waals surface area contributed by atoms with E-state index < -0.39 is 17.1 Å². The van der Waals surface area contributed by atoms with Crippen molar-refractivity contribution >= 4 is 17.1 Å². The zero-order valence-electron chi connectivity index (χ0n) is 15.0. The Bertz CT molecular complexity index is 244. The Morgan fingerprint density at radius 1 is 0.667 bits per heavy atom. The maximum Gasteiger partial charge on any atom is 0.337 e. The molecular formula is C14H34O5Si2. The van der Waals surface area contributed by atoms with Gasteiger partial charge in [0.25, 0.3) is 0 Å². The van der Waals surface area contributed by atoms with Crippen molar-refractivity contribution in [1.82, 2.24) is 0 Å². The monoisotopic (exact) mass is 338 g/mol. The Hall–Kier alpha value is 0.234. The Morgan fingerprint density at radius 2 is 0.952 bits per heavy atom. The van der Waals surface area contributed by atoms with E-state index in [0.717, 1.165) is 26.1 Å². The third-order valence-corrected chi connectivity index (χ3v) is 12.2. The van der Waals surface area contributed by atoms with Crippen LogP contribution < -0.4 is 0 Å². The summed E-state index contributed by atoms with van der Waals surface area (Å²) in [6.45, 7) is 10.0. The van der Waals surface area contributed by atoms with E-state index in [0.29, 0.717) is 11.1 Å². The van der Waals surface area contributed by atoms with Gasteiger partial charge in [-0.15, -0.1) is 0 Å². The van der Waals surface area contributed by atoms with Crippen LogP contribution >= 0.6 is 0 Å². The van der Waals surface area contributed by atoms with E-state index in [1.807, 2.05) is 0 Å². The average molecular weight is 339 g/mol. The fourth-order valence-electron chi connectivity index (χ4n) is 2.12. The molecule has 0 spiro atoms. The van der Waals surface area contributed by atoms with Gasteiger partial charge in [0.15, 0.2) is 0 Å². The average Bonchev–Trinajstić information content (AvgIpc) is 2.52. The normalized spacial score (nSPS) is 16.0. The molecule has 2 atom stereocenters. The summed E-state index contributed by atoms with van der Waals surface area (Å²) in [7, 11) is 2.85. The first-order chi connectivity index (χ1) is 9.79. The maximum atomic E-state index is 5.77. The van der Waals surface area contributed by atoms with E-state index in [1.54, 1.807) is 28.4 Å². The van der Waals surface area contributed by atoms with Gasteiger partial charge in [0.1, 0.15) is 0 Å². The van der Waals surface area contributed by atoms with E-state index in [2.05, 4.69) is 26.9 Å². The highest BCUT2D eigenvalue weighted by Crippen LogP contribution is 2.27. The molecule has 0 saturated heterocycles. The lowest BCUT2D eigenvalue weighted by atomic mass is 10.3. The predicted octanol–water partition coefficient (Wildman–Crippen LogP) is 3.29. The molecular weight excluding hydrogens is 304 g/mol. The molecule has 0 bridgehead atoms. The molecule has 0 heterocycles. The molecule has 21 heavy (non-hydrogen) atoms. The molecule has 0 aromatic carbocycles. The minimum Gasteiger partial charge on any atom is -0.398 e. The molecule has 0 saturated carbocycles. The highest BCUT2D eigenvalue weighted by atomic mass is 28.4. The summed E-state index contributed by atoms with van der Waals surface area (Å²) in [5.74, 6) is 0. The Balaban J connectivity index is 3.97. The van der Waals surface area contributed by atoms with Crippen LogP contribution in [0.1, 0.15) is 26.7 Å². The topological polar surface area (TPSA) is 46.2 Å². The van der Waals surface area contributed by atoms with Gasteiger partial charge in [-0.3, -0.25) is 0 Å². The van der Waals surface area contributed by atoms with Gasteiger partial charge in [-0.1, -0.05) is 13.8 Å². The summed E-state index contributed by atoms with van der Waals surface area (Å²) >= 11 is 0. The summed E-state index contributed by atoms with van der Waals surface area (Å²) in [5, 5.41) is 0. The van der Waals surface area contributed by atoms with E-state index in [1.165, 1.54) is 0 Å². The molecule has 0 N–H and O–H groups in total. The number of ether oxygens (including phenoxy) is 1. The molecule has 0 amide bonds. The van der Waals surface area contributed by atoms with Crippen molar-refractivity contribution in [3.63, 3.8) is 0 Å². The van der Waals surface area contributed by atoms with E-state index in [4.69, 9.17) is 22.4 Å². The highest BCUT2D eigenvalue weighted by Gasteiger charge is 2.37. The van der Waals surface area contributed by atoms with Crippen molar-refractivity contribution in [2.45, 2.75) is 50.9 Å². The molecule has 0 rings (SSSR count). The predicted molar refractivity (Wildman–Crippen MR) is 90.2 cm³/mol. The molecule has 0 aromatic rings. The van der Waals surface area contributed by atoms with Crippen LogP contribution in [-0.4, -0.2) is 58.8 Å². The van der Waals surface area contributed by atoms with Crippen LogP contribution in [0, 0.1) is 0 Å². The quantitative estimate of drug-likeness (QED) is 0.403. The second-order valence-corrected chi connectivity index (χ2v) is 13.5. The van der Waals surface area contributed by atoms with Gasteiger partial charge in [0, 0.05) is 52.7 Å². The zero-order chi connectivity index (χ0) is 16.5. The van der Waals surface area contributed by atoms with Crippen LogP contribution in [0.2, 0.25) is 24.2 Å². The molecule has 7 heteroatoms. The fourth-order valence-corrected chi connectivity index (χ4v) is 5.35. The minimum absolute atomic E-state index is 0.405. The third kappa shape index (κ3) is 6.47. The van der Waals surface area contributed by atoms with Crippen molar-refractivity contribution in [1.29, 1.82) is 0 Å². The first kappa shape index (κ1) is 21.2. The van der Waals surface area contributed by atoms with Gasteiger partial charge in [-0.2, -0.15) is 0 Å². The SMILES string of the molecule is CO[Si](C)(OC)C(C)CCOCCC(C)[Si](C)(OC)OC. The summed E-state index contributed by atoms with van der Waals surface area (Å²) < 4.78 is 28.0. The summed E-state index contributed by atoms with van der Waals surface area (Å²) in [6.07, 6.45) is 1.92. The molecule has 2 unspecified atom stereocenters. The largest absolute Gasteiger partial charge is 0.398 e. The fraction of sp³-hybridized carbons (Fsp3) is 1.00. The van der Waals surface area contributed by atoms with Gasteiger partial charge in [-0.25, -0.2) is 0 Å². The smallest absolute Gasteiger partial charge is 0.337 e. The van der Waals surface area contributed by atoms with Crippen molar-refractivity contribution < 1.29 is 22.4 Å². The molecule has 0 fully saturated rings. The van der Waals surface area contributed by atoms with Crippen LogP contribution in [0.5, 0.6) is 0 Å². The van der Waals surface area contributed by atoms with Gasteiger partial charge < -0.3 is 22.4 Å². The molecule has 0 aliphatic heterocycles. The van der Waals surface area contributed by atoms with Gasteiger partial charge >= 0.3 is 17.1 Å². The summed E-state index contributed by atoms with van der Waals surface area (Å²) in [6, 6.07) is 0. The van der Waals surface area contributed by atoms with Crippen molar-refractivity contribution in [3.05, 3.63) is 0 Å². The lowest BCUT2D eigenvalue weighted by molar-refractivity contribution is 0.119. The lowest BCUT2D eigenvalue weighted by Gasteiger charge is -2.30. The number of rotatable bonds is 12. The van der Waals surface area contributed by atoms with E-state index >= 15 is 0 Å². The van der Waals surface area contributed by atoms with Crippen LogP contribution in [0.25, 0.3) is 0 Å². The highest BCUT2D eigenvalue weighted by molar-refractivity contribution is 6.67. The van der Waals surface area contributed by atoms with Crippen molar-refractivity contribution in [2.75, 3.05) is 41.7 Å². The van der Waals surface area contributed by atoms with Gasteiger partial charge in [0.05, 0.1) is 0 Å². The summed E-state index contributed by atoms with van der Waals surface area (Å²) in [5.41, 5.74) is 0.810. The van der Waals surface area contributed by atoms with Crippen molar-refractivity contribution in [2.24, 2.45) is 0 Å². The molecule has 0 aliphatic rings. The Labute approximate surface area is 132 Å². The molecule has 0 radical (unpaired) electrons. The molecule has 128 valence electrons. The van der Waals surface area contributed by atoms with Crippen LogP contribution in [0.15, 0.2) is 0 Å².